The van der Waals surface area contributed by atoms with Gasteiger partial charge in [-0.05, 0) is 6.92 Å². The molecule has 0 saturated carbocycles. The van der Waals surface area contributed by atoms with Crippen LogP contribution in [0.4, 0.5) is 0 Å². The predicted octanol–water partition coefficient (Wildman–Crippen LogP) is -0.896. The van der Waals surface area contributed by atoms with Gasteiger partial charge in [0.05, 0.1) is 6.61 Å². The lowest BCUT2D eigenvalue weighted by molar-refractivity contribution is -0.145. The number of ketones is 1. The zero-order chi connectivity index (χ0) is 12.1. The van der Waals surface area contributed by atoms with Crippen LogP contribution in [0.5, 0.6) is 0 Å². The number of ether oxygens (including phenoxy) is 1. The van der Waals surface area contributed by atoms with Gasteiger partial charge in [0, 0.05) is 7.05 Å². The third kappa shape index (κ3) is 3.04. The van der Waals surface area contributed by atoms with Crippen LogP contribution < -0.4 is 5.69 Å². The van der Waals surface area contributed by atoms with Gasteiger partial charge in [0.2, 0.25) is 0 Å². The average molecular weight is 227 g/mol. The predicted molar refractivity (Wildman–Crippen MR) is 53.7 cm³/mol. The van der Waals surface area contributed by atoms with E-state index in [1.807, 2.05) is 0 Å². The number of nitrogens with zero attached hydrogens (tertiary/aromatic N) is 3. The number of aryl methyl sites for hydroxylation is 1. The molecule has 0 radical (unpaired) electrons. The molecule has 0 aliphatic heterocycles. The van der Waals surface area contributed by atoms with E-state index in [2.05, 4.69) is 9.84 Å². The van der Waals surface area contributed by atoms with Gasteiger partial charge in [-0.15, -0.1) is 0 Å². The highest BCUT2D eigenvalue weighted by molar-refractivity contribution is 5.95. The first-order chi connectivity index (χ1) is 7.54. The van der Waals surface area contributed by atoms with Crippen LogP contribution in [0, 0.1) is 0 Å². The second-order valence-corrected chi connectivity index (χ2v) is 3.20. The Balaban J connectivity index is 2.55. The van der Waals surface area contributed by atoms with Crippen LogP contribution in [0.1, 0.15) is 13.3 Å². The third-order valence-corrected chi connectivity index (χ3v) is 1.86. The van der Waals surface area contributed by atoms with E-state index in [4.69, 9.17) is 0 Å². The molecule has 0 N–H and O–H groups in total. The zero-order valence-electron chi connectivity index (χ0n) is 9.17. The van der Waals surface area contributed by atoms with Crippen LogP contribution in [0.15, 0.2) is 11.1 Å². The fraction of sp³-hybridized carbons (Fsp3) is 0.556. The van der Waals surface area contributed by atoms with E-state index in [-0.39, 0.29) is 19.6 Å². The molecule has 0 amide bonds. The van der Waals surface area contributed by atoms with Crippen molar-refractivity contribution < 1.29 is 14.3 Å². The number of hydrogen-bond acceptors (Lipinski definition) is 5. The van der Waals surface area contributed by atoms with Crippen molar-refractivity contribution in [1.82, 2.24) is 14.3 Å². The first kappa shape index (κ1) is 12.2. The van der Waals surface area contributed by atoms with E-state index < -0.39 is 17.4 Å². The first-order valence-corrected chi connectivity index (χ1v) is 4.80. The van der Waals surface area contributed by atoms with E-state index in [1.165, 1.54) is 17.9 Å². The Hall–Kier alpha value is -1.92. The third-order valence-electron chi connectivity index (χ3n) is 1.86. The van der Waals surface area contributed by atoms with Gasteiger partial charge in [-0.25, -0.2) is 9.48 Å². The van der Waals surface area contributed by atoms with Crippen molar-refractivity contribution in [2.24, 2.45) is 7.05 Å². The molecule has 88 valence electrons. The lowest BCUT2D eigenvalue weighted by atomic mass is 10.3. The topological polar surface area (TPSA) is 83.2 Å². The summed E-state index contributed by atoms with van der Waals surface area (Å²) in [5, 5.41) is 3.70. The zero-order valence-corrected chi connectivity index (χ0v) is 9.17. The Morgan fingerprint density at radius 3 is 2.69 bits per heavy atom. The Bertz CT molecular complexity index is 446. The molecule has 0 atom stereocenters. The van der Waals surface area contributed by atoms with Crippen LogP contribution in [0.25, 0.3) is 0 Å². The number of rotatable bonds is 5. The fourth-order valence-electron chi connectivity index (χ4n) is 1.13. The summed E-state index contributed by atoms with van der Waals surface area (Å²) in [6, 6.07) is 0. The Morgan fingerprint density at radius 2 is 2.19 bits per heavy atom. The maximum absolute atomic E-state index is 11.3. The Morgan fingerprint density at radius 1 is 1.50 bits per heavy atom. The number of aromatic nitrogens is 3. The largest absolute Gasteiger partial charge is 0.466 e. The Kier molecular flexibility index (Phi) is 3.98. The molecular formula is C9H13N3O4. The number of hydrogen-bond donors (Lipinski definition) is 0. The minimum atomic E-state index is -0.587. The fourth-order valence-corrected chi connectivity index (χ4v) is 1.13. The standard InChI is InChI=1S/C9H13N3O4/c1-3-16-8(14)4-7(13)5-12-9(15)11(2)6-10-12/h6H,3-5H2,1-2H3. The van der Waals surface area contributed by atoms with E-state index in [9.17, 15) is 14.4 Å². The lowest BCUT2D eigenvalue weighted by Gasteiger charge is -2.00. The second kappa shape index (κ2) is 5.24. The quantitative estimate of drug-likeness (QED) is 0.481. The van der Waals surface area contributed by atoms with Crippen molar-refractivity contribution in [2.45, 2.75) is 19.9 Å². The van der Waals surface area contributed by atoms with Crippen molar-refractivity contribution in [3.05, 3.63) is 16.8 Å². The van der Waals surface area contributed by atoms with Crippen LogP contribution in [0.3, 0.4) is 0 Å². The molecule has 0 aromatic carbocycles. The van der Waals surface area contributed by atoms with Crippen molar-refractivity contribution >= 4 is 11.8 Å². The minimum Gasteiger partial charge on any atom is -0.466 e. The van der Waals surface area contributed by atoms with Crippen LogP contribution >= 0.6 is 0 Å². The van der Waals surface area contributed by atoms with Gasteiger partial charge in [0.25, 0.3) is 0 Å². The lowest BCUT2D eigenvalue weighted by Crippen LogP contribution is -2.27. The molecule has 0 unspecified atom stereocenters. The van der Waals surface area contributed by atoms with E-state index >= 15 is 0 Å². The maximum atomic E-state index is 11.3. The number of carbonyl (C=O) groups excluding carboxylic acids is 2. The van der Waals surface area contributed by atoms with Crippen molar-refractivity contribution in [3.63, 3.8) is 0 Å². The highest BCUT2D eigenvalue weighted by Crippen LogP contribution is 1.91. The van der Waals surface area contributed by atoms with Crippen molar-refractivity contribution in [1.29, 1.82) is 0 Å². The molecule has 0 aliphatic carbocycles. The first-order valence-electron chi connectivity index (χ1n) is 4.80. The molecule has 0 saturated heterocycles. The summed E-state index contributed by atoms with van der Waals surface area (Å²) in [4.78, 5) is 33.6. The summed E-state index contributed by atoms with van der Waals surface area (Å²) in [5.74, 6) is -0.990. The molecular weight excluding hydrogens is 214 g/mol. The Labute approximate surface area is 91.6 Å². The highest BCUT2D eigenvalue weighted by Gasteiger charge is 2.13. The van der Waals surface area contributed by atoms with Gasteiger partial charge in [-0.3, -0.25) is 14.2 Å². The monoisotopic (exact) mass is 227 g/mol. The molecule has 1 aromatic rings. The summed E-state index contributed by atoms with van der Waals surface area (Å²) < 4.78 is 6.86. The molecule has 7 heteroatoms. The SMILES string of the molecule is CCOC(=O)CC(=O)Cn1ncn(C)c1=O. The van der Waals surface area contributed by atoms with E-state index in [0.717, 1.165) is 4.68 Å². The van der Waals surface area contributed by atoms with Crippen LogP contribution in [-0.4, -0.2) is 32.7 Å². The minimum absolute atomic E-state index is 0.210. The van der Waals surface area contributed by atoms with Gasteiger partial charge in [0.15, 0.2) is 5.78 Å². The van der Waals surface area contributed by atoms with Gasteiger partial charge >= 0.3 is 11.7 Å². The van der Waals surface area contributed by atoms with Crippen molar-refractivity contribution in [3.8, 4) is 0 Å². The summed E-state index contributed by atoms with van der Waals surface area (Å²) in [6.07, 6.45) is 0.969. The van der Waals surface area contributed by atoms with Gasteiger partial charge in [0.1, 0.15) is 19.3 Å². The number of carbonyl (C=O) groups is 2. The van der Waals surface area contributed by atoms with Crippen LogP contribution in [0.2, 0.25) is 0 Å². The number of Topliss-reactive ketones (excluding diaryl/α,β-unsaturated/α-hetero) is 1. The normalized spacial score (nSPS) is 10.1. The molecule has 7 nitrogen and oxygen atoms in total. The average Bonchev–Trinajstić information content (AvgIpc) is 2.50. The number of esters is 1. The molecule has 0 fully saturated rings. The van der Waals surface area contributed by atoms with Crippen LogP contribution in [-0.2, 0) is 27.9 Å². The highest BCUT2D eigenvalue weighted by atomic mass is 16.5. The van der Waals surface area contributed by atoms with Gasteiger partial charge in [-0.2, -0.15) is 5.10 Å². The molecule has 0 spiro atoms. The van der Waals surface area contributed by atoms with Gasteiger partial charge < -0.3 is 4.74 Å². The maximum Gasteiger partial charge on any atom is 0.345 e. The molecule has 1 heterocycles. The summed E-state index contributed by atoms with van der Waals surface area (Å²) >= 11 is 0. The summed E-state index contributed by atoms with van der Waals surface area (Å²) in [7, 11) is 1.53. The second-order valence-electron chi connectivity index (χ2n) is 3.20. The smallest absolute Gasteiger partial charge is 0.345 e. The van der Waals surface area contributed by atoms with Gasteiger partial charge in [-0.1, -0.05) is 0 Å². The van der Waals surface area contributed by atoms with Crippen molar-refractivity contribution in [2.75, 3.05) is 6.61 Å². The molecule has 1 aromatic heterocycles. The molecule has 16 heavy (non-hydrogen) atoms. The van der Waals surface area contributed by atoms with E-state index in [1.54, 1.807) is 6.92 Å². The summed E-state index contributed by atoms with van der Waals surface area (Å²) in [6.45, 7) is 1.68. The summed E-state index contributed by atoms with van der Waals surface area (Å²) in [5.41, 5.74) is -0.391. The molecule has 1 rings (SSSR count). The molecule has 0 bridgehead atoms. The van der Waals surface area contributed by atoms with E-state index in [0.29, 0.717) is 0 Å². The molecule has 0 aliphatic rings.